The second kappa shape index (κ2) is 4.97. The van der Waals surface area contributed by atoms with Crippen LogP contribution in [0.25, 0.3) is 0 Å². The standard InChI is InChI=1S/C14H16N2O/c1-11-3-2-4-12(7-11)8-14(17)16-6-5-13(9-15)10-16/h2-7,10H,8-9,15H2,1H3. The molecule has 88 valence electrons. The second-order valence-electron chi connectivity index (χ2n) is 4.19. The van der Waals surface area contributed by atoms with Gasteiger partial charge >= 0.3 is 0 Å². The second-order valence-corrected chi connectivity index (χ2v) is 4.19. The first kappa shape index (κ1) is 11.6. The average Bonchev–Trinajstić information content (AvgIpc) is 2.77. The van der Waals surface area contributed by atoms with Crippen molar-refractivity contribution in [3.63, 3.8) is 0 Å². The third-order valence-corrected chi connectivity index (χ3v) is 2.72. The third-order valence-electron chi connectivity index (χ3n) is 2.72. The largest absolute Gasteiger partial charge is 0.326 e. The molecule has 3 nitrogen and oxygen atoms in total. The molecule has 1 aromatic carbocycles. The predicted molar refractivity (Wildman–Crippen MR) is 67.8 cm³/mol. The van der Waals surface area contributed by atoms with E-state index in [-0.39, 0.29) is 5.91 Å². The van der Waals surface area contributed by atoms with Crippen molar-refractivity contribution < 1.29 is 4.79 Å². The van der Waals surface area contributed by atoms with E-state index >= 15 is 0 Å². The van der Waals surface area contributed by atoms with E-state index in [4.69, 9.17) is 5.73 Å². The lowest BCUT2D eigenvalue weighted by Crippen LogP contribution is -2.11. The molecule has 0 aliphatic rings. The van der Waals surface area contributed by atoms with Crippen LogP contribution in [0, 0.1) is 6.92 Å². The summed E-state index contributed by atoms with van der Waals surface area (Å²) in [5, 5.41) is 0. The molecule has 0 amide bonds. The van der Waals surface area contributed by atoms with Gasteiger partial charge in [0.1, 0.15) is 0 Å². The Morgan fingerprint density at radius 3 is 2.76 bits per heavy atom. The Morgan fingerprint density at radius 1 is 1.29 bits per heavy atom. The van der Waals surface area contributed by atoms with Crippen molar-refractivity contribution >= 4 is 5.91 Å². The number of hydrogen-bond donors (Lipinski definition) is 1. The van der Waals surface area contributed by atoms with E-state index in [1.807, 2.05) is 37.3 Å². The molecule has 3 heteroatoms. The number of carbonyl (C=O) groups excluding carboxylic acids is 1. The van der Waals surface area contributed by atoms with Gasteiger partial charge in [0.2, 0.25) is 5.91 Å². The van der Waals surface area contributed by atoms with Crippen molar-refractivity contribution in [2.75, 3.05) is 0 Å². The van der Waals surface area contributed by atoms with Gasteiger partial charge in [0, 0.05) is 18.9 Å². The molecule has 0 spiro atoms. The monoisotopic (exact) mass is 228 g/mol. The van der Waals surface area contributed by atoms with Gasteiger partial charge in [0.15, 0.2) is 0 Å². The molecule has 0 bridgehead atoms. The minimum Gasteiger partial charge on any atom is -0.326 e. The average molecular weight is 228 g/mol. The summed E-state index contributed by atoms with van der Waals surface area (Å²) in [6, 6.07) is 9.87. The highest BCUT2D eigenvalue weighted by atomic mass is 16.1. The van der Waals surface area contributed by atoms with Crippen molar-refractivity contribution in [3.8, 4) is 0 Å². The van der Waals surface area contributed by atoms with Crippen LogP contribution in [-0.4, -0.2) is 10.5 Å². The number of benzene rings is 1. The van der Waals surface area contributed by atoms with E-state index in [2.05, 4.69) is 0 Å². The molecule has 0 atom stereocenters. The Hall–Kier alpha value is -1.87. The molecule has 1 heterocycles. The summed E-state index contributed by atoms with van der Waals surface area (Å²) < 4.78 is 1.60. The fraction of sp³-hybridized carbons (Fsp3) is 0.214. The summed E-state index contributed by atoms with van der Waals surface area (Å²) in [6.07, 6.45) is 3.97. The van der Waals surface area contributed by atoms with E-state index in [0.717, 1.165) is 11.1 Å². The van der Waals surface area contributed by atoms with Crippen LogP contribution in [0.2, 0.25) is 0 Å². The Labute approximate surface area is 101 Å². The molecule has 0 radical (unpaired) electrons. The van der Waals surface area contributed by atoms with Crippen molar-refractivity contribution in [2.24, 2.45) is 5.73 Å². The maximum atomic E-state index is 12.0. The van der Waals surface area contributed by atoms with Gasteiger partial charge in [-0.25, -0.2) is 0 Å². The Bertz CT molecular complexity index is 529. The number of carbonyl (C=O) groups is 1. The molecule has 0 aliphatic carbocycles. The van der Waals surface area contributed by atoms with Crippen LogP contribution < -0.4 is 5.73 Å². The minimum absolute atomic E-state index is 0.0651. The Balaban J connectivity index is 2.11. The number of aromatic nitrogens is 1. The quantitative estimate of drug-likeness (QED) is 0.875. The molecule has 0 saturated carbocycles. The van der Waals surface area contributed by atoms with E-state index in [1.54, 1.807) is 17.0 Å². The van der Waals surface area contributed by atoms with Gasteiger partial charge in [0.05, 0.1) is 6.42 Å². The molecular weight excluding hydrogens is 212 g/mol. The molecule has 17 heavy (non-hydrogen) atoms. The maximum Gasteiger partial charge on any atom is 0.234 e. The maximum absolute atomic E-state index is 12.0. The molecule has 0 aliphatic heterocycles. The zero-order chi connectivity index (χ0) is 12.3. The number of aryl methyl sites for hydroxylation is 1. The van der Waals surface area contributed by atoms with Gasteiger partial charge in [-0.3, -0.25) is 9.36 Å². The fourth-order valence-electron chi connectivity index (χ4n) is 1.80. The van der Waals surface area contributed by atoms with Gasteiger partial charge in [0.25, 0.3) is 0 Å². The zero-order valence-electron chi connectivity index (χ0n) is 9.89. The lowest BCUT2D eigenvalue weighted by atomic mass is 10.1. The molecular formula is C14H16N2O. The lowest BCUT2D eigenvalue weighted by Gasteiger charge is -2.03. The highest BCUT2D eigenvalue weighted by molar-refractivity contribution is 5.81. The van der Waals surface area contributed by atoms with Gasteiger partial charge in [-0.05, 0) is 24.1 Å². The van der Waals surface area contributed by atoms with Crippen LogP contribution in [0.3, 0.4) is 0 Å². The molecule has 1 aromatic heterocycles. The van der Waals surface area contributed by atoms with E-state index in [0.29, 0.717) is 13.0 Å². The van der Waals surface area contributed by atoms with Crippen LogP contribution in [0.1, 0.15) is 21.5 Å². The normalized spacial score (nSPS) is 10.5. The lowest BCUT2D eigenvalue weighted by molar-refractivity contribution is 0.0914. The Morgan fingerprint density at radius 2 is 2.12 bits per heavy atom. The summed E-state index contributed by atoms with van der Waals surface area (Å²) >= 11 is 0. The molecule has 0 saturated heterocycles. The molecule has 2 rings (SSSR count). The highest BCUT2D eigenvalue weighted by Crippen LogP contribution is 2.07. The summed E-state index contributed by atoms with van der Waals surface area (Å²) in [4.78, 5) is 12.0. The van der Waals surface area contributed by atoms with E-state index in [9.17, 15) is 4.79 Å². The Kier molecular flexibility index (Phi) is 3.40. The van der Waals surface area contributed by atoms with Crippen LogP contribution >= 0.6 is 0 Å². The summed E-state index contributed by atoms with van der Waals surface area (Å²) in [7, 11) is 0. The van der Waals surface area contributed by atoms with E-state index in [1.165, 1.54) is 5.56 Å². The predicted octanol–water partition coefficient (Wildman–Crippen LogP) is 2.14. The highest BCUT2D eigenvalue weighted by Gasteiger charge is 2.06. The summed E-state index contributed by atoms with van der Waals surface area (Å²) in [5.74, 6) is 0.0651. The minimum atomic E-state index is 0.0651. The van der Waals surface area contributed by atoms with Crippen LogP contribution in [0.15, 0.2) is 42.7 Å². The van der Waals surface area contributed by atoms with Crippen LogP contribution in [0.4, 0.5) is 0 Å². The molecule has 0 fully saturated rings. The fourth-order valence-corrected chi connectivity index (χ4v) is 1.80. The first-order chi connectivity index (χ1) is 8.19. The van der Waals surface area contributed by atoms with Crippen molar-refractivity contribution in [3.05, 3.63) is 59.4 Å². The number of nitrogens with two attached hydrogens (primary N) is 1. The molecule has 2 N–H and O–H groups in total. The number of rotatable bonds is 3. The first-order valence-corrected chi connectivity index (χ1v) is 5.65. The van der Waals surface area contributed by atoms with Gasteiger partial charge in [-0.15, -0.1) is 0 Å². The SMILES string of the molecule is Cc1cccc(CC(=O)n2ccc(CN)c2)c1. The summed E-state index contributed by atoms with van der Waals surface area (Å²) in [5.41, 5.74) is 8.70. The van der Waals surface area contributed by atoms with Gasteiger partial charge < -0.3 is 5.73 Å². The zero-order valence-corrected chi connectivity index (χ0v) is 9.89. The molecule has 2 aromatic rings. The third kappa shape index (κ3) is 2.82. The van der Waals surface area contributed by atoms with Crippen molar-refractivity contribution in [1.29, 1.82) is 0 Å². The summed E-state index contributed by atoms with van der Waals surface area (Å²) in [6.45, 7) is 2.49. The first-order valence-electron chi connectivity index (χ1n) is 5.65. The molecule has 0 unspecified atom stereocenters. The van der Waals surface area contributed by atoms with Crippen molar-refractivity contribution in [2.45, 2.75) is 19.9 Å². The number of hydrogen-bond acceptors (Lipinski definition) is 2. The van der Waals surface area contributed by atoms with Crippen LogP contribution in [-0.2, 0) is 13.0 Å². The smallest absolute Gasteiger partial charge is 0.234 e. The van der Waals surface area contributed by atoms with E-state index < -0.39 is 0 Å². The van der Waals surface area contributed by atoms with Crippen molar-refractivity contribution in [1.82, 2.24) is 4.57 Å². The topological polar surface area (TPSA) is 48.0 Å². The van der Waals surface area contributed by atoms with Gasteiger partial charge in [-0.2, -0.15) is 0 Å². The van der Waals surface area contributed by atoms with Crippen LogP contribution in [0.5, 0.6) is 0 Å². The number of nitrogens with zero attached hydrogens (tertiary/aromatic N) is 1. The van der Waals surface area contributed by atoms with Gasteiger partial charge in [-0.1, -0.05) is 29.8 Å².